The summed E-state index contributed by atoms with van der Waals surface area (Å²) in [6.45, 7) is 5.33. The Kier molecular flexibility index (Phi) is 5.83. The van der Waals surface area contributed by atoms with E-state index >= 15 is 0 Å². The molecule has 34 heavy (non-hydrogen) atoms. The van der Waals surface area contributed by atoms with Gasteiger partial charge in [-0.1, -0.05) is 6.92 Å². The molecule has 0 radical (unpaired) electrons. The smallest absolute Gasteiger partial charge is 0.257 e. The molecule has 2 N–H and O–H groups in total. The third kappa shape index (κ3) is 3.57. The number of pyridine rings is 2. The Morgan fingerprint density at radius 1 is 1.24 bits per heavy atom. The third-order valence-corrected chi connectivity index (χ3v) is 7.07. The Balaban J connectivity index is 1.76. The molecule has 4 heterocycles. The number of hydrogen-bond acceptors (Lipinski definition) is 7. The van der Waals surface area contributed by atoms with Gasteiger partial charge in [-0.25, -0.2) is 4.98 Å². The van der Waals surface area contributed by atoms with Gasteiger partial charge in [0.1, 0.15) is 0 Å². The number of fused-ring (bicyclic) bond motifs is 5. The number of aliphatic hydroxyl groups is 1. The number of aryl methyl sites for hydroxylation is 1. The molecule has 8 nitrogen and oxygen atoms in total. The molecule has 0 fully saturated rings. The molecule has 2 aliphatic heterocycles. The van der Waals surface area contributed by atoms with Gasteiger partial charge in [-0.2, -0.15) is 0 Å². The van der Waals surface area contributed by atoms with Crippen LogP contribution in [0.4, 0.5) is 0 Å². The van der Waals surface area contributed by atoms with Crippen LogP contribution in [0.25, 0.3) is 22.3 Å². The second-order valence-electron chi connectivity index (χ2n) is 9.22. The lowest BCUT2D eigenvalue weighted by Gasteiger charge is -2.25. The maximum atomic E-state index is 13.6. The molecule has 2 aliphatic rings. The summed E-state index contributed by atoms with van der Waals surface area (Å²) in [6, 6.07) is 5.85. The van der Waals surface area contributed by atoms with Crippen molar-refractivity contribution < 1.29 is 19.3 Å². The fraction of sp³-hybridized carbons (Fsp3) is 0.462. The van der Waals surface area contributed by atoms with Crippen LogP contribution in [0.1, 0.15) is 48.9 Å². The van der Waals surface area contributed by atoms with E-state index in [1.54, 1.807) is 18.6 Å². The van der Waals surface area contributed by atoms with Crippen LogP contribution in [0.3, 0.4) is 0 Å². The number of nitrogens with one attached hydrogen (secondary N) is 1. The third-order valence-electron chi connectivity index (χ3n) is 7.07. The summed E-state index contributed by atoms with van der Waals surface area (Å²) in [5, 5.41) is 15.4. The van der Waals surface area contributed by atoms with Gasteiger partial charge in [-0.3, -0.25) is 4.79 Å². The fourth-order valence-corrected chi connectivity index (χ4v) is 5.02. The van der Waals surface area contributed by atoms with E-state index in [0.29, 0.717) is 29.8 Å². The minimum Gasteiger partial charge on any atom is -0.454 e. The van der Waals surface area contributed by atoms with E-state index in [2.05, 4.69) is 5.32 Å². The lowest BCUT2D eigenvalue weighted by Crippen LogP contribution is -2.31. The molecule has 0 amide bonds. The zero-order valence-corrected chi connectivity index (χ0v) is 20.2. The van der Waals surface area contributed by atoms with Gasteiger partial charge >= 0.3 is 0 Å². The Morgan fingerprint density at radius 2 is 2.00 bits per heavy atom. The van der Waals surface area contributed by atoms with Crippen molar-refractivity contribution in [2.45, 2.75) is 51.9 Å². The lowest BCUT2D eigenvalue weighted by atomic mass is 9.89. The van der Waals surface area contributed by atoms with E-state index in [-0.39, 0.29) is 19.0 Å². The summed E-state index contributed by atoms with van der Waals surface area (Å²) < 4.78 is 18.4. The highest BCUT2D eigenvalue weighted by Gasteiger charge is 2.33. The van der Waals surface area contributed by atoms with Crippen LogP contribution in [-0.4, -0.2) is 42.2 Å². The minimum absolute atomic E-state index is 0.138. The van der Waals surface area contributed by atoms with Gasteiger partial charge in [0, 0.05) is 29.7 Å². The van der Waals surface area contributed by atoms with Gasteiger partial charge < -0.3 is 29.2 Å². The average Bonchev–Trinajstić information content (AvgIpc) is 3.43. The zero-order valence-electron chi connectivity index (χ0n) is 20.2. The first-order chi connectivity index (χ1) is 16.4. The maximum absolute atomic E-state index is 13.6. The molecule has 0 saturated heterocycles. The number of ether oxygens (including phenoxy) is 3. The predicted octanol–water partition coefficient (Wildman–Crippen LogP) is 3.07. The molecule has 8 heteroatoms. The van der Waals surface area contributed by atoms with Crippen LogP contribution < -0.4 is 20.3 Å². The number of nitrogens with zero attached hydrogens (tertiary/aromatic N) is 2. The van der Waals surface area contributed by atoms with Gasteiger partial charge in [0.15, 0.2) is 11.5 Å². The molecule has 0 saturated carbocycles. The zero-order chi connectivity index (χ0) is 24.0. The summed E-state index contributed by atoms with van der Waals surface area (Å²) >= 11 is 0. The first-order valence-corrected chi connectivity index (χ1v) is 11.8. The van der Waals surface area contributed by atoms with Gasteiger partial charge in [-0.15, -0.1) is 0 Å². The Hall–Kier alpha value is -2.94. The Labute approximate surface area is 198 Å². The van der Waals surface area contributed by atoms with Crippen molar-refractivity contribution in [3.63, 3.8) is 0 Å². The highest BCUT2D eigenvalue weighted by atomic mass is 16.7. The number of hydrogen-bond donors (Lipinski definition) is 2. The molecule has 1 atom stereocenters. The van der Waals surface area contributed by atoms with Crippen LogP contribution in [0.15, 0.2) is 23.0 Å². The second-order valence-corrected chi connectivity index (χ2v) is 9.22. The van der Waals surface area contributed by atoms with Crippen LogP contribution in [0, 0.1) is 0 Å². The summed E-state index contributed by atoms with van der Waals surface area (Å²) in [6.07, 6.45) is 2.27. The molecule has 3 aromatic rings. The fourth-order valence-electron chi connectivity index (χ4n) is 5.02. The molecule has 0 unspecified atom stereocenters. The molecule has 1 aromatic carbocycles. The van der Waals surface area contributed by atoms with E-state index in [1.807, 2.05) is 32.2 Å². The normalized spacial score (nSPS) is 15.4. The largest absolute Gasteiger partial charge is 0.454 e. The van der Waals surface area contributed by atoms with Crippen LogP contribution >= 0.6 is 0 Å². The summed E-state index contributed by atoms with van der Waals surface area (Å²) in [5.41, 5.74) is 4.37. The molecule has 5 rings (SSSR count). The van der Waals surface area contributed by atoms with Crippen molar-refractivity contribution in [1.29, 1.82) is 0 Å². The second kappa shape index (κ2) is 8.69. The molecular formula is C26H31N3O5. The molecule has 180 valence electrons. The van der Waals surface area contributed by atoms with E-state index in [4.69, 9.17) is 19.2 Å². The van der Waals surface area contributed by atoms with Crippen molar-refractivity contribution >= 4 is 10.9 Å². The number of methoxy groups -OCH3 is 1. The monoisotopic (exact) mass is 465 g/mol. The quantitative estimate of drug-likeness (QED) is 0.386. The number of rotatable bonds is 8. The molecule has 0 aliphatic carbocycles. The molecule has 0 bridgehead atoms. The van der Waals surface area contributed by atoms with Gasteiger partial charge in [0.2, 0.25) is 6.79 Å². The van der Waals surface area contributed by atoms with Crippen molar-refractivity contribution in [3.8, 4) is 22.9 Å². The first-order valence-electron chi connectivity index (χ1n) is 11.8. The van der Waals surface area contributed by atoms with Gasteiger partial charge in [0.05, 0.1) is 35.7 Å². The number of aromatic nitrogens is 2. The standard InChI is InChI=1S/C26H31N3O5/c1-5-26(2,31)19-10-21-24-17(12-29(21)25(30)18(19)13-32-4)15(7-6-8-27-3)16-9-22-23(34-14-33-22)11-20(16)28-24/h9-11,27,31H,5-8,12-14H2,1-4H3/t26-/m0/s1. The van der Waals surface area contributed by atoms with E-state index < -0.39 is 5.60 Å². The van der Waals surface area contributed by atoms with Crippen molar-refractivity contribution in [2.75, 3.05) is 27.5 Å². The maximum Gasteiger partial charge on any atom is 0.257 e. The van der Waals surface area contributed by atoms with Crippen molar-refractivity contribution in [3.05, 3.63) is 50.8 Å². The SMILES string of the molecule is CC[C@](C)(O)c1cc2n(c(=O)c1COC)Cc1c-2nc2cc3c(cc2c1CCCNC)OCO3. The van der Waals surface area contributed by atoms with Gasteiger partial charge in [-0.05, 0) is 63.0 Å². The highest BCUT2D eigenvalue weighted by Crippen LogP contribution is 2.42. The van der Waals surface area contributed by atoms with Gasteiger partial charge in [0.25, 0.3) is 5.56 Å². The Bertz CT molecular complexity index is 1330. The molecular weight excluding hydrogens is 434 g/mol. The topological polar surface area (TPSA) is 94.8 Å². The molecule has 2 aromatic heterocycles. The highest BCUT2D eigenvalue weighted by molar-refractivity contribution is 5.90. The first kappa shape index (κ1) is 22.8. The van der Waals surface area contributed by atoms with Crippen molar-refractivity contribution in [1.82, 2.24) is 14.9 Å². The van der Waals surface area contributed by atoms with Crippen LogP contribution in [0.5, 0.6) is 11.5 Å². The summed E-state index contributed by atoms with van der Waals surface area (Å²) in [5.74, 6) is 1.40. The van der Waals surface area contributed by atoms with E-state index in [0.717, 1.165) is 53.0 Å². The minimum atomic E-state index is -1.15. The average molecular weight is 466 g/mol. The molecule has 0 spiro atoms. The summed E-state index contributed by atoms with van der Waals surface area (Å²) in [4.78, 5) is 18.6. The lowest BCUT2D eigenvalue weighted by molar-refractivity contribution is 0.0495. The van der Waals surface area contributed by atoms with Crippen molar-refractivity contribution in [2.24, 2.45) is 0 Å². The van der Waals surface area contributed by atoms with E-state index in [9.17, 15) is 9.90 Å². The van der Waals surface area contributed by atoms with Crippen LogP contribution in [-0.2, 0) is 29.9 Å². The summed E-state index contributed by atoms with van der Waals surface area (Å²) in [7, 11) is 3.51. The van der Waals surface area contributed by atoms with Crippen LogP contribution in [0.2, 0.25) is 0 Å². The Morgan fingerprint density at radius 3 is 2.71 bits per heavy atom. The number of benzene rings is 1. The van der Waals surface area contributed by atoms with E-state index in [1.165, 1.54) is 5.56 Å². The predicted molar refractivity (Wildman–Crippen MR) is 129 cm³/mol.